The number of hydrogen-bond acceptors (Lipinski definition) is 25. The van der Waals surface area contributed by atoms with E-state index in [-0.39, 0.29) is 0 Å². The number of ether oxygens (including phenoxy) is 12. The van der Waals surface area contributed by atoms with Crippen molar-refractivity contribution in [2.45, 2.75) is 281 Å². The molecule has 12 N–H and O–H groups in total. The molecule has 87 heavy (non-hydrogen) atoms. The van der Waals surface area contributed by atoms with Gasteiger partial charge in [-0.15, -0.1) is 0 Å². The van der Waals surface area contributed by atoms with E-state index >= 15 is 0 Å². The first-order chi connectivity index (χ1) is 40.1. The van der Waals surface area contributed by atoms with Crippen molar-refractivity contribution < 1.29 is 120 Å². The van der Waals surface area contributed by atoms with Gasteiger partial charge in [-0.1, -0.05) is 0 Å². The van der Waals surface area contributed by atoms with Crippen LogP contribution in [0.3, 0.4) is 0 Å². The van der Waals surface area contributed by atoms with Gasteiger partial charge in [0.2, 0.25) is 0 Å². The molecule has 502 valence electrons. The molecule has 3 heterocycles. The summed E-state index contributed by atoms with van der Waals surface area (Å²) >= 11 is 1.80. The third-order valence-electron chi connectivity index (χ3n) is 12.4. The number of halogens is 1. The summed E-state index contributed by atoms with van der Waals surface area (Å²) in [5, 5.41) is 86.8. The van der Waals surface area contributed by atoms with E-state index in [2.05, 4.69) is 31.9 Å². The third kappa shape index (κ3) is 25.1. The predicted octanol–water partition coefficient (Wildman–Crippen LogP) is 1.87. The molecule has 0 radical (unpaired) electrons. The van der Waals surface area contributed by atoms with Crippen LogP contribution >= 0.6 is 29.0 Å². The van der Waals surface area contributed by atoms with Crippen LogP contribution < -0.4 is 31.9 Å². The smallest absolute Gasteiger partial charge is 0.0253 e. The predicted molar refractivity (Wildman–Crippen MR) is 317 cm³/mol. The van der Waals surface area contributed by atoms with Crippen LogP contribution in [0.2, 0.25) is 0 Å². The zero-order valence-electron chi connectivity index (χ0n) is 53.6. The zero-order chi connectivity index (χ0) is 67.0. The number of alkyl carbamates (subject to hydrolysis) is 6. The Labute approximate surface area is 524 Å². The number of nitrogens with one attached hydrogen (secondary N) is 6. The van der Waals surface area contributed by atoms with Crippen molar-refractivity contribution >= 4 is 72.2 Å². The molecular formula is C53H94BIN6O25S. The zero-order valence-corrected chi connectivity index (χ0v) is 55.6. The molecule has 1 aliphatic carbocycles. The van der Waals surface area contributed by atoms with Gasteiger partial charge in [-0.2, -0.15) is 0 Å². The van der Waals surface area contributed by atoms with Gasteiger partial charge in [-0.05, 0) is 125 Å². The van der Waals surface area contributed by atoms with E-state index < -0.39 is 220 Å². The molecule has 17 unspecified atom stereocenters. The van der Waals surface area contributed by atoms with E-state index in [9.17, 15) is 59.4 Å². The van der Waals surface area contributed by atoms with E-state index in [1.165, 1.54) is 0 Å². The number of carbonyl (C=O) groups is 6. The Hall–Kier alpha value is -3.76. The molecule has 34 heteroatoms. The average Bonchev–Trinajstić information content (AvgIpc) is 1.36. The molecule has 1 saturated carbocycles. The van der Waals surface area contributed by atoms with Gasteiger partial charge in [-0.3, -0.25) is 0 Å². The minimum absolute atomic E-state index is 0.434. The first kappa shape index (κ1) is 74.0. The molecule has 4 aliphatic rings. The van der Waals surface area contributed by atoms with Crippen LogP contribution in [0.1, 0.15) is 131 Å². The second-order valence-corrected chi connectivity index (χ2v) is 30.6. The third-order valence-corrected chi connectivity index (χ3v) is 13.5. The van der Waals surface area contributed by atoms with Crippen molar-refractivity contribution in [3.8, 4) is 0 Å². The van der Waals surface area contributed by atoms with Crippen molar-refractivity contribution in [2.24, 2.45) is 0 Å². The fourth-order valence-corrected chi connectivity index (χ4v) is 9.78. The van der Waals surface area contributed by atoms with Gasteiger partial charge in [0.25, 0.3) is 0 Å². The van der Waals surface area contributed by atoms with Gasteiger partial charge in [0.05, 0.1) is 0 Å². The summed E-state index contributed by atoms with van der Waals surface area (Å²) < 4.78 is 85.0. The van der Waals surface area contributed by atoms with Gasteiger partial charge in [0.15, 0.2) is 0 Å². The summed E-state index contributed by atoms with van der Waals surface area (Å²) in [5.41, 5.74) is -6.32. The molecule has 20 atom stereocenters. The maximum absolute atomic E-state index is 13.9. The van der Waals surface area contributed by atoms with Crippen LogP contribution in [-0.4, -0.2) is 245 Å². The average molecular weight is 1390 g/mol. The summed E-state index contributed by atoms with van der Waals surface area (Å²) in [6, 6.07) is -6.42. The molecule has 3 saturated heterocycles. The molecule has 0 spiro atoms. The molecule has 4 fully saturated rings. The number of aliphatic hydroxyl groups excluding tert-OH is 6. The number of aliphatic hydroxyl groups is 6. The summed E-state index contributed by atoms with van der Waals surface area (Å²) in [4.78, 5) is 80.2. The van der Waals surface area contributed by atoms with Crippen molar-refractivity contribution in [1.82, 2.24) is 31.9 Å². The summed E-state index contributed by atoms with van der Waals surface area (Å²) in [6.07, 6.45) is -34.1. The topological polar surface area (TPSA) is 416 Å². The molecule has 0 aromatic heterocycles. The Balaban J connectivity index is 1.91. The van der Waals surface area contributed by atoms with Crippen LogP contribution in [0.5, 0.6) is 0 Å². The molecule has 6 amide bonds. The van der Waals surface area contributed by atoms with Crippen LogP contribution in [0.25, 0.3) is 0 Å². The molecule has 3 aliphatic heterocycles. The Morgan fingerprint density at radius 3 is 1.16 bits per heavy atom. The summed E-state index contributed by atoms with van der Waals surface area (Å²) in [6.45, 7) is 27.9. The Kier molecular flexibility index (Phi) is 26.0. The minimum Gasteiger partial charge on any atom is -0.0253 e. The first-order valence-electron chi connectivity index (χ1n) is 28.9. The van der Waals surface area contributed by atoms with Gasteiger partial charge in [0, 0.05) is 6.54 Å². The summed E-state index contributed by atoms with van der Waals surface area (Å²) in [7, 11) is -1.22. The van der Waals surface area contributed by atoms with E-state index in [1.807, 2.05) is 0 Å². The molecule has 0 bridgehead atoms. The van der Waals surface area contributed by atoms with Crippen molar-refractivity contribution in [1.29, 1.82) is 1.34 Å². The van der Waals surface area contributed by atoms with Crippen LogP contribution in [0, 0.1) is 0 Å². The SMILES string of the molecule is [3H]B=S(I)OC[C@H]1O[C@@H](OC2C(O)C(NC(=O)OC(C)(C)C)CC(NC(=O)OC(C)(C)C)C2OC2OC(CNC(=O)OC(C)(C)C)C(O)C(O)C2NC(=O)OC(C)(C)C)[C@@H](O)C1OC1OC(CNC(=O)OC(C)(C)C)C(O)C(O)C1NC(=O)OC(C)(C)C. The van der Waals surface area contributed by atoms with E-state index in [1.54, 1.807) is 146 Å². The van der Waals surface area contributed by atoms with E-state index in [0.29, 0.717) is 0 Å². The molecular weight excluding hydrogens is 1290 g/mol. The fraction of sp³-hybridized carbons (Fsp3) is 0.887. The van der Waals surface area contributed by atoms with Gasteiger partial charge in [0.1, 0.15) is 46.3 Å². The number of rotatable bonds is 17. The standard InChI is InChI=1S/C53H94BIN6O25S/c1-48(2,3)81-42(68)56-20-25-31(63)33(65)28(60-46(72)85-52(13,14)15)39(75-25)78-36-24(59-45(71)84-51(10,11)12)19-23(58-44(70)83-50(7,8)9)30(62)38(36)80-41-35(67)37(27(77-41)22-74-87(54)55)79-40-29(61-47(73)86-53(16,17)18)34(66)32(64)26(76-40)21-57-43(69)82-49(4,5)6/h23-41,54,62-67H,19-22H2,1-18H3,(H,56,68)(H,57,69)(H,58,70)(H,59,71)(H,60,72)(H,61,73)/t23?,24?,25?,26?,27-,28?,29?,30?,31?,32?,33?,34?,35+,36?,37?,38?,39?,40?,41+,87?/m1/s1/i54T. The molecule has 4 rings (SSSR count). The number of amides is 6. The number of carbonyl (C=O) groups excluding carboxylic acids is 6. The van der Waals surface area contributed by atoms with Gasteiger partial charge >= 0.3 is 281 Å². The van der Waals surface area contributed by atoms with E-state index in [0.717, 1.165) is 6.69 Å². The Bertz CT molecular complexity index is 2390. The quantitative estimate of drug-likeness (QED) is 0.0562. The Morgan fingerprint density at radius 1 is 0.448 bits per heavy atom. The van der Waals surface area contributed by atoms with E-state index in [4.69, 9.17) is 62.4 Å². The number of hydrogen-bond donors (Lipinski definition) is 12. The molecule has 0 aromatic rings. The normalized spacial score (nSPS) is 33.1. The van der Waals surface area contributed by atoms with Crippen molar-refractivity contribution in [3.63, 3.8) is 0 Å². The van der Waals surface area contributed by atoms with Crippen molar-refractivity contribution in [3.05, 3.63) is 0 Å². The van der Waals surface area contributed by atoms with Crippen LogP contribution in [0.4, 0.5) is 28.8 Å². The van der Waals surface area contributed by atoms with Gasteiger partial charge < -0.3 is 44.5 Å². The second-order valence-electron chi connectivity index (χ2n) is 27.3. The van der Waals surface area contributed by atoms with Gasteiger partial charge in [-0.25, -0.2) is 24.0 Å². The fourth-order valence-electron chi connectivity index (χ4n) is 9.07. The first-order valence-corrected chi connectivity index (χ1v) is 32.1. The second kappa shape index (κ2) is 30.6. The Morgan fingerprint density at radius 2 is 0.782 bits per heavy atom. The minimum atomic E-state index is -2.05. The molecule has 31 nitrogen and oxygen atoms in total. The van der Waals surface area contributed by atoms with Crippen molar-refractivity contribution in [2.75, 3.05) is 19.7 Å². The maximum atomic E-state index is 13.9. The monoisotopic (exact) mass is 1390 g/mol. The molecule has 0 aromatic carbocycles. The van der Waals surface area contributed by atoms with Crippen LogP contribution in [-0.2, 0) is 61.0 Å². The van der Waals surface area contributed by atoms with Crippen LogP contribution in [0.15, 0.2) is 0 Å². The summed E-state index contributed by atoms with van der Waals surface area (Å²) in [5.74, 6) is 0.